The van der Waals surface area contributed by atoms with Crippen molar-refractivity contribution in [3.05, 3.63) is 46.7 Å². The summed E-state index contributed by atoms with van der Waals surface area (Å²) in [6, 6.07) is 12.5. The van der Waals surface area contributed by atoms with Crippen molar-refractivity contribution in [2.45, 2.75) is 38.3 Å². The van der Waals surface area contributed by atoms with Crippen LogP contribution in [0.25, 0.3) is 0 Å². The molecule has 0 bridgehead atoms. The highest BCUT2D eigenvalue weighted by Crippen LogP contribution is 2.44. The van der Waals surface area contributed by atoms with Crippen LogP contribution in [0.3, 0.4) is 0 Å². The Kier molecular flexibility index (Phi) is 5.16. The molecule has 1 N–H and O–H groups in total. The smallest absolute Gasteiger partial charge is 0.239 e. The fourth-order valence-corrected chi connectivity index (χ4v) is 4.28. The van der Waals surface area contributed by atoms with E-state index in [2.05, 4.69) is 27.7 Å². The summed E-state index contributed by atoms with van der Waals surface area (Å²) in [7, 11) is 1.67. The van der Waals surface area contributed by atoms with E-state index in [1.807, 2.05) is 24.3 Å². The van der Waals surface area contributed by atoms with E-state index >= 15 is 0 Å². The van der Waals surface area contributed by atoms with Crippen molar-refractivity contribution >= 4 is 22.9 Å². The monoisotopic (exact) mass is 370 g/mol. The van der Waals surface area contributed by atoms with Crippen LogP contribution < -0.4 is 15.0 Å². The van der Waals surface area contributed by atoms with Crippen molar-refractivity contribution < 1.29 is 9.53 Å². The lowest BCUT2D eigenvalue weighted by atomic mass is 10.1. The van der Waals surface area contributed by atoms with E-state index in [4.69, 9.17) is 4.74 Å². The maximum atomic E-state index is 12.8. The second kappa shape index (κ2) is 7.70. The lowest BCUT2D eigenvalue weighted by molar-refractivity contribution is -0.120. The van der Waals surface area contributed by atoms with Gasteiger partial charge in [-0.3, -0.25) is 4.79 Å². The van der Waals surface area contributed by atoms with Gasteiger partial charge in [0.25, 0.3) is 0 Å². The normalized spacial score (nSPS) is 16.5. The highest BCUT2D eigenvalue weighted by molar-refractivity contribution is 7.09. The van der Waals surface area contributed by atoms with Crippen LogP contribution in [0.15, 0.2) is 41.8 Å². The first kappa shape index (κ1) is 17.4. The predicted octanol–water partition coefficient (Wildman–Crippen LogP) is 4.07. The molecule has 2 aromatic rings. The third kappa shape index (κ3) is 4.39. The van der Waals surface area contributed by atoms with Gasteiger partial charge in [-0.1, -0.05) is 6.07 Å². The van der Waals surface area contributed by atoms with Crippen LogP contribution in [0.1, 0.15) is 30.6 Å². The Labute approximate surface area is 159 Å². The number of rotatable bonds is 9. The molecular weight excluding hydrogens is 344 g/mol. The van der Waals surface area contributed by atoms with Crippen LogP contribution >= 0.6 is 11.3 Å². The van der Waals surface area contributed by atoms with Crippen LogP contribution in [0.5, 0.6) is 5.75 Å². The number of carbonyl (C=O) groups is 1. The molecule has 0 spiro atoms. The van der Waals surface area contributed by atoms with E-state index < -0.39 is 0 Å². The third-order valence-electron chi connectivity index (χ3n) is 5.29. The van der Waals surface area contributed by atoms with E-state index in [1.54, 1.807) is 18.4 Å². The summed E-state index contributed by atoms with van der Waals surface area (Å²) < 4.78 is 5.26. The molecule has 0 atom stereocenters. The number of hydrogen-bond acceptors (Lipinski definition) is 4. The highest BCUT2D eigenvalue weighted by atomic mass is 32.1. The topological polar surface area (TPSA) is 41.6 Å². The molecule has 0 aliphatic heterocycles. The molecule has 0 unspecified atom stereocenters. The molecule has 26 heavy (non-hydrogen) atoms. The molecule has 4 nitrogen and oxygen atoms in total. The number of nitrogens with zero attached hydrogens (tertiary/aromatic N) is 1. The molecule has 1 aromatic carbocycles. The van der Waals surface area contributed by atoms with Crippen molar-refractivity contribution in [2.75, 3.05) is 18.6 Å². The number of methoxy groups -OCH3 is 1. The van der Waals surface area contributed by atoms with Gasteiger partial charge < -0.3 is 15.0 Å². The van der Waals surface area contributed by atoms with Crippen molar-refractivity contribution in [3.63, 3.8) is 0 Å². The van der Waals surface area contributed by atoms with E-state index in [1.165, 1.54) is 30.6 Å². The average Bonchev–Trinajstić information content (AvgIpc) is 3.59. The number of ether oxygens (including phenoxy) is 1. The number of carbonyl (C=O) groups excluding carboxylic acids is 1. The van der Waals surface area contributed by atoms with Gasteiger partial charge in [-0.05, 0) is 73.2 Å². The molecule has 5 heteroatoms. The zero-order chi connectivity index (χ0) is 17.9. The Morgan fingerprint density at radius 1 is 1.19 bits per heavy atom. The minimum atomic E-state index is 0.140. The fraction of sp³-hybridized carbons (Fsp3) is 0.476. The number of anilines is 1. The Morgan fingerprint density at radius 2 is 1.88 bits per heavy atom. The Morgan fingerprint density at radius 3 is 2.42 bits per heavy atom. The largest absolute Gasteiger partial charge is 0.497 e. The first-order chi connectivity index (χ1) is 12.7. The minimum absolute atomic E-state index is 0.140. The molecular formula is C21H26N2O2S. The highest BCUT2D eigenvalue weighted by Gasteiger charge is 2.42. The molecule has 4 rings (SSSR count). The number of thiophene rings is 1. The zero-order valence-corrected chi connectivity index (χ0v) is 16.0. The maximum absolute atomic E-state index is 12.8. The SMILES string of the molecule is COc1ccc(N(CC(=O)NC(C2CC2)C2CC2)Cc2cccs2)cc1. The van der Waals surface area contributed by atoms with Gasteiger partial charge in [0.05, 0.1) is 20.2 Å². The van der Waals surface area contributed by atoms with E-state index in [0.717, 1.165) is 29.8 Å². The van der Waals surface area contributed by atoms with Gasteiger partial charge in [-0.2, -0.15) is 0 Å². The molecule has 2 aliphatic carbocycles. The van der Waals surface area contributed by atoms with Gasteiger partial charge in [0.1, 0.15) is 5.75 Å². The lowest BCUT2D eigenvalue weighted by Crippen LogP contribution is -2.44. The summed E-state index contributed by atoms with van der Waals surface area (Å²) in [5.41, 5.74) is 1.05. The summed E-state index contributed by atoms with van der Waals surface area (Å²) in [6.45, 7) is 1.13. The first-order valence-corrected chi connectivity index (χ1v) is 10.3. The van der Waals surface area contributed by atoms with E-state index in [-0.39, 0.29) is 5.91 Å². The number of hydrogen-bond donors (Lipinski definition) is 1. The van der Waals surface area contributed by atoms with Crippen LogP contribution in [0.2, 0.25) is 0 Å². The predicted molar refractivity (Wildman–Crippen MR) is 106 cm³/mol. The van der Waals surface area contributed by atoms with Gasteiger partial charge in [0.2, 0.25) is 5.91 Å². The summed E-state index contributed by atoms with van der Waals surface area (Å²) in [5.74, 6) is 2.41. The minimum Gasteiger partial charge on any atom is -0.497 e. The standard InChI is InChI=1S/C21H26N2O2S/c1-25-18-10-8-17(9-11-18)23(13-19-3-2-12-26-19)14-20(24)22-21(15-4-5-15)16-6-7-16/h2-3,8-12,15-16,21H,4-7,13-14H2,1H3,(H,22,24). The Balaban J connectivity index is 1.45. The second-order valence-electron chi connectivity index (χ2n) is 7.40. The fourth-order valence-electron chi connectivity index (χ4n) is 3.56. The Hall–Kier alpha value is -2.01. The van der Waals surface area contributed by atoms with Crippen LogP contribution in [-0.4, -0.2) is 25.6 Å². The van der Waals surface area contributed by atoms with Gasteiger partial charge >= 0.3 is 0 Å². The molecule has 1 aromatic heterocycles. The van der Waals surface area contributed by atoms with Crippen molar-refractivity contribution in [3.8, 4) is 5.75 Å². The first-order valence-electron chi connectivity index (χ1n) is 9.43. The van der Waals surface area contributed by atoms with Crippen LogP contribution in [0.4, 0.5) is 5.69 Å². The summed E-state index contributed by atoms with van der Waals surface area (Å²) in [4.78, 5) is 16.2. The quantitative estimate of drug-likeness (QED) is 0.723. The Bertz CT molecular complexity index is 709. The van der Waals surface area contributed by atoms with Gasteiger partial charge in [-0.25, -0.2) is 0 Å². The number of benzene rings is 1. The zero-order valence-electron chi connectivity index (χ0n) is 15.2. The summed E-state index contributed by atoms with van der Waals surface area (Å²) in [5, 5.41) is 5.42. The summed E-state index contributed by atoms with van der Waals surface area (Å²) in [6.07, 6.45) is 5.11. The molecule has 0 saturated heterocycles. The molecule has 1 amide bonds. The van der Waals surface area contributed by atoms with Gasteiger partial charge in [-0.15, -0.1) is 11.3 Å². The maximum Gasteiger partial charge on any atom is 0.239 e. The van der Waals surface area contributed by atoms with Crippen molar-refractivity contribution in [1.82, 2.24) is 5.32 Å². The van der Waals surface area contributed by atoms with Gasteiger partial charge in [0.15, 0.2) is 0 Å². The molecule has 1 heterocycles. The number of amides is 1. The molecule has 2 fully saturated rings. The van der Waals surface area contributed by atoms with E-state index in [0.29, 0.717) is 12.6 Å². The van der Waals surface area contributed by atoms with Crippen molar-refractivity contribution in [2.24, 2.45) is 11.8 Å². The third-order valence-corrected chi connectivity index (χ3v) is 6.15. The lowest BCUT2D eigenvalue weighted by Gasteiger charge is -2.26. The van der Waals surface area contributed by atoms with Crippen LogP contribution in [-0.2, 0) is 11.3 Å². The molecule has 2 aliphatic rings. The van der Waals surface area contributed by atoms with E-state index in [9.17, 15) is 4.79 Å². The second-order valence-corrected chi connectivity index (χ2v) is 8.43. The van der Waals surface area contributed by atoms with Crippen molar-refractivity contribution in [1.29, 1.82) is 0 Å². The van der Waals surface area contributed by atoms with Gasteiger partial charge in [0, 0.05) is 16.6 Å². The molecule has 0 radical (unpaired) electrons. The molecule has 2 saturated carbocycles. The molecule has 138 valence electrons. The summed E-state index contributed by atoms with van der Waals surface area (Å²) >= 11 is 1.73. The average molecular weight is 371 g/mol. The number of nitrogens with one attached hydrogen (secondary N) is 1. The van der Waals surface area contributed by atoms with Crippen LogP contribution in [0, 0.1) is 11.8 Å².